The first-order valence-corrected chi connectivity index (χ1v) is 7.26. The summed E-state index contributed by atoms with van der Waals surface area (Å²) >= 11 is 1.26. The standard InChI is InChI=1S/C15H13F2N3OS/c16-12-6-7-13(21)11(14(12)17)8-19-20-15(18)22-9-10-4-2-1-3-5-10/h1-8,21H,9H2,(H2,18,20). The second kappa shape index (κ2) is 7.56. The van der Waals surface area contributed by atoms with Gasteiger partial charge in [-0.2, -0.15) is 5.10 Å². The lowest BCUT2D eigenvalue weighted by atomic mass is 10.2. The van der Waals surface area contributed by atoms with E-state index in [1.54, 1.807) is 0 Å². The molecular formula is C15H13F2N3OS. The minimum atomic E-state index is -1.19. The van der Waals surface area contributed by atoms with Gasteiger partial charge in [0.05, 0.1) is 11.8 Å². The summed E-state index contributed by atoms with van der Waals surface area (Å²) in [7, 11) is 0. The summed E-state index contributed by atoms with van der Waals surface area (Å²) < 4.78 is 26.5. The highest BCUT2D eigenvalue weighted by Crippen LogP contribution is 2.20. The highest BCUT2D eigenvalue weighted by molar-refractivity contribution is 8.13. The van der Waals surface area contributed by atoms with E-state index >= 15 is 0 Å². The summed E-state index contributed by atoms with van der Waals surface area (Å²) in [5, 5.41) is 16.9. The van der Waals surface area contributed by atoms with E-state index in [-0.39, 0.29) is 10.7 Å². The number of amidine groups is 1. The van der Waals surface area contributed by atoms with Gasteiger partial charge in [-0.25, -0.2) is 8.78 Å². The largest absolute Gasteiger partial charge is 0.507 e. The zero-order valence-corrected chi connectivity index (χ0v) is 12.2. The number of hydrogen-bond donors (Lipinski definition) is 2. The molecule has 0 aliphatic carbocycles. The monoisotopic (exact) mass is 321 g/mol. The van der Waals surface area contributed by atoms with Gasteiger partial charge in [0.15, 0.2) is 16.8 Å². The van der Waals surface area contributed by atoms with Crippen molar-refractivity contribution in [2.24, 2.45) is 15.9 Å². The van der Waals surface area contributed by atoms with Gasteiger partial charge in [0.2, 0.25) is 0 Å². The maximum Gasteiger partial charge on any atom is 0.180 e. The van der Waals surface area contributed by atoms with Gasteiger partial charge in [0.25, 0.3) is 0 Å². The molecule has 0 amide bonds. The first kappa shape index (κ1) is 16.0. The van der Waals surface area contributed by atoms with E-state index in [4.69, 9.17) is 5.73 Å². The van der Waals surface area contributed by atoms with Crippen LogP contribution in [0.5, 0.6) is 5.75 Å². The van der Waals surface area contributed by atoms with Crippen LogP contribution in [0.15, 0.2) is 52.7 Å². The van der Waals surface area contributed by atoms with Crippen LogP contribution >= 0.6 is 11.8 Å². The minimum Gasteiger partial charge on any atom is -0.507 e. The van der Waals surface area contributed by atoms with Crippen molar-refractivity contribution < 1.29 is 13.9 Å². The van der Waals surface area contributed by atoms with Crippen LogP contribution in [0.25, 0.3) is 0 Å². The zero-order valence-electron chi connectivity index (χ0n) is 11.4. The number of nitrogens with zero attached hydrogens (tertiary/aromatic N) is 2. The number of phenols is 1. The number of aromatic hydroxyl groups is 1. The number of hydrogen-bond acceptors (Lipinski definition) is 4. The van der Waals surface area contributed by atoms with Gasteiger partial charge in [0, 0.05) is 5.75 Å². The Bertz CT molecular complexity index is 705. The molecule has 0 saturated carbocycles. The third-order valence-corrected chi connectivity index (χ3v) is 3.54. The van der Waals surface area contributed by atoms with Gasteiger partial charge < -0.3 is 10.8 Å². The van der Waals surface area contributed by atoms with Gasteiger partial charge in [-0.3, -0.25) is 0 Å². The molecule has 3 N–H and O–H groups in total. The number of nitrogens with two attached hydrogens (primary N) is 1. The third-order valence-electron chi connectivity index (χ3n) is 2.68. The molecule has 0 unspecified atom stereocenters. The Morgan fingerprint density at radius 1 is 1.18 bits per heavy atom. The predicted molar refractivity (Wildman–Crippen MR) is 85.0 cm³/mol. The van der Waals surface area contributed by atoms with Crippen molar-refractivity contribution in [3.63, 3.8) is 0 Å². The molecule has 0 radical (unpaired) electrons. The number of rotatable bonds is 4. The molecule has 0 aromatic heterocycles. The van der Waals surface area contributed by atoms with Crippen molar-refractivity contribution in [1.82, 2.24) is 0 Å². The summed E-state index contributed by atoms with van der Waals surface area (Å²) in [6, 6.07) is 11.5. The summed E-state index contributed by atoms with van der Waals surface area (Å²) in [5.74, 6) is -2.07. The smallest absolute Gasteiger partial charge is 0.180 e. The Morgan fingerprint density at radius 2 is 1.91 bits per heavy atom. The molecule has 22 heavy (non-hydrogen) atoms. The van der Waals surface area contributed by atoms with E-state index in [0.717, 1.165) is 23.9 Å². The molecule has 0 bridgehead atoms. The molecule has 2 aromatic carbocycles. The summed E-state index contributed by atoms with van der Waals surface area (Å²) in [6.45, 7) is 0. The third kappa shape index (κ3) is 4.29. The highest BCUT2D eigenvalue weighted by Gasteiger charge is 2.10. The Kier molecular flexibility index (Phi) is 5.48. The van der Waals surface area contributed by atoms with Crippen LogP contribution in [0.1, 0.15) is 11.1 Å². The van der Waals surface area contributed by atoms with Crippen molar-refractivity contribution in [2.45, 2.75) is 5.75 Å². The average molecular weight is 321 g/mol. The molecule has 2 aromatic rings. The molecule has 114 valence electrons. The number of halogens is 2. The maximum atomic E-state index is 13.4. The first-order valence-electron chi connectivity index (χ1n) is 6.28. The molecule has 0 heterocycles. The highest BCUT2D eigenvalue weighted by atomic mass is 32.2. The molecule has 0 atom stereocenters. The van der Waals surface area contributed by atoms with Gasteiger partial charge in [-0.1, -0.05) is 42.1 Å². The fourth-order valence-electron chi connectivity index (χ4n) is 1.58. The van der Waals surface area contributed by atoms with Gasteiger partial charge in [-0.05, 0) is 17.7 Å². The molecule has 4 nitrogen and oxygen atoms in total. The lowest BCUT2D eigenvalue weighted by Crippen LogP contribution is -2.06. The molecule has 0 saturated heterocycles. The molecule has 7 heteroatoms. The number of phenolic OH excluding ortho intramolecular Hbond substituents is 1. The number of benzene rings is 2. The Morgan fingerprint density at radius 3 is 2.64 bits per heavy atom. The van der Waals surface area contributed by atoms with Crippen molar-refractivity contribution in [1.29, 1.82) is 0 Å². The van der Waals surface area contributed by atoms with Gasteiger partial charge in [-0.15, -0.1) is 5.10 Å². The molecule has 0 aliphatic heterocycles. The maximum absolute atomic E-state index is 13.4. The van der Waals surface area contributed by atoms with Crippen molar-refractivity contribution >= 4 is 23.1 Å². The van der Waals surface area contributed by atoms with E-state index in [0.29, 0.717) is 5.75 Å². The number of thioether (sulfide) groups is 1. The summed E-state index contributed by atoms with van der Waals surface area (Å²) in [5.41, 5.74) is 6.36. The van der Waals surface area contributed by atoms with E-state index in [2.05, 4.69) is 10.2 Å². The fourth-order valence-corrected chi connectivity index (χ4v) is 2.19. The molecular weight excluding hydrogens is 308 g/mol. The second-order valence-corrected chi connectivity index (χ2v) is 5.25. The zero-order chi connectivity index (χ0) is 15.9. The van der Waals surface area contributed by atoms with Crippen LogP contribution < -0.4 is 5.73 Å². The quantitative estimate of drug-likeness (QED) is 0.516. The van der Waals surface area contributed by atoms with Crippen LogP contribution in [0.3, 0.4) is 0 Å². The predicted octanol–water partition coefficient (Wildman–Crippen LogP) is 3.25. The lowest BCUT2D eigenvalue weighted by Gasteiger charge is -2.01. The molecule has 0 spiro atoms. The van der Waals surface area contributed by atoms with Gasteiger partial charge in [0.1, 0.15) is 5.75 Å². The van der Waals surface area contributed by atoms with Crippen molar-refractivity contribution in [3.8, 4) is 5.75 Å². The van der Waals surface area contributed by atoms with Crippen LogP contribution in [0, 0.1) is 11.6 Å². The van der Waals surface area contributed by atoms with E-state index < -0.39 is 17.4 Å². The van der Waals surface area contributed by atoms with Crippen LogP contribution in [0.4, 0.5) is 8.78 Å². The van der Waals surface area contributed by atoms with Crippen molar-refractivity contribution in [3.05, 3.63) is 65.2 Å². The molecule has 0 fully saturated rings. The molecule has 0 aliphatic rings. The SMILES string of the molecule is NC(=NN=Cc1c(O)ccc(F)c1F)SCc1ccccc1. The van der Waals surface area contributed by atoms with E-state index in [9.17, 15) is 13.9 Å². The molecule has 2 rings (SSSR count). The lowest BCUT2D eigenvalue weighted by molar-refractivity contribution is 0.453. The minimum absolute atomic E-state index is 0.177. The van der Waals surface area contributed by atoms with Crippen LogP contribution in [-0.2, 0) is 5.75 Å². The summed E-state index contributed by atoms with van der Waals surface area (Å²) in [4.78, 5) is 0. The van der Waals surface area contributed by atoms with Crippen molar-refractivity contribution in [2.75, 3.05) is 0 Å². The van der Waals surface area contributed by atoms with Gasteiger partial charge >= 0.3 is 0 Å². The normalized spacial score (nSPS) is 12.0. The van der Waals surface area contributed by atoms with E-state index in [1.165, 1.54) is 11.8 Å². The Balaban J connectivity index is 2.00. The van der Waals surface area contributed by atoms with Crippen LogP contribution in [0.2, 0.25) is 0 Å². The summed E-state index contributed by atoms with van der Waals surface area (Å²) in [6.07, 6.45) is 0.920. The average Bonchev–Trinajstić information content (AvgIpc) is 2.53. The second-order valence-electron chi connectivity index (χ2n) is 4.25. The van der Waals surface area contributed by atoms with E-state index in [1.807, 2.05) is 30.3 Å². The topological polar surface area (TPSA) is 71.0 Å². The fraction of sp³-hybridized carbons (Fsp3) is 0.0667. The Labute approximate surface area is 130 Å². The Hall–Kier alpha value is -2.41. The first-order chi connectivity index (χ1) is 10.6. The van der Waals surface area contributed by atoms with Crippen LogP contribution in [-0.4, -0.2) is 16.5 Å².